The molecule has 1 unspecified atom stereocenters. The van der Waals surface area contributed by atoms with Crippen LogP contribution in [0, 0.1) is 0 Å². The minimum Gasteiger partial charge on any atom is -0.461 e. The van der Waals surface area contributed by atoms with E-state index in [2.05, 4.69) is 63.2 Å². The summed E-state index contributed by atoms with van der Waals surface area (Å²) in [5.74, 6) is 1.54. The van der Waals surface area contributed by atoms with Crippen molar-refractivity contribution in [3.05, 3.63) is 76.7 Å². The molecule has 1 N–H and O–H groups in total. The van der Waals surface area contributed by atoms with E-state index in [4.69, 9.17) is 4.42 Å². The van der Waals surface area contributed by atoms with Crippen molar-refractivity contribution in [2.24, 2.45) is 0 Å². The van der Waals surface area contributed by atoms with Gasteiger partial charge in [-0.25, -0.2) is 0 Å². The van der Waals surface area contributed by atoms with Crippen molar-refractivity contribution in [1.29, 1.82) is 0 Å². The zero-order valence-corrected chi connectivity index (χ0v) is 21.0. The van der Waals surface area contributed by atoms with Crippen LogP contribution in [0.15, 0.2) is 75.1 Å². The standard InChI is InChI=1S/C25H29N5O2S2/c1-3-29(4-2)21(20-12-14-33-17-20)15-26-23(31)18-34-25-28-27-24(22-11-8-13-32-22)30(25)16-19-9-6-5-7-10-19/h5-14,17,21H,3-4,15-16,18H2,1-2H3,(H,26,31). The molecular weight excluding hydrogens is 466 g/mol. The van der Waals surface area contributed by atoms with E-state index in [0.29, 0.717) is 29.8 Å². The number of thiophene rings is 1. The highest BCUT2D eigenvalue weighted by molar-refractivity contribution is 7.99. The van der Waals surface area contributed by atoms with Crippen LogP contribution in [0.5, 0.6) is 0 Å². The van der Waals surface area contributed by atoms with Crippen LogP contribution in [-0.4, -0.2) is 51.0 Å². The maximum atomic E-state index is 12.8. The summed E-state index contributed by atoms with van der Waals surface area (Å²) in [6.07, 6.45) is 1.62. The van der Waals surface area contributed by atoms with Crippen molar-refractivity contribution in [3.63, 3.8) is 0 Å². The van der Waals surface area contributed by atoms with E-state index in [-0.39, 0.29) is 17.7 Å². The maximum Gasteiger partial charge on any atom is 0.230 e. The van der Waals surface area contributed by atoms with E-state index in [9.17, 15) is 4.79 Å². The molecule has 1 atom stereocenters. The van der Waals surface area contributed by atoms with Gasteiger partial charge in [-0.2, -0.15) is 11.3 Å². The van der Waals surface area contributed by atoms with Gasteiger partial charge >= 0.3 is 0 Å². The minimum absolute atomic E-state index is 0.0220. The molecule has 0 spiro atoms. The summed E-state index contributed by atoms with van der Waals surface area (Å²) in [6.45, 7) is 7.33. The average molecular weight is 496 g/mol. The summed E-state index contributed by atoms with van der Waals surface area (Å²) in [5, 5.41) is 16.8. The number of rotatable bonds is 12. The molecule has 1 amide bonds. The number of hydrogen-bond donors (Lipinski definition) is 1. The Hall–Kier alpha value is -2.88. The molecule has 4 aromatic rings. The number of benzene rings is 1. The summed E-state index contributed by atoms with van der Waals surface area (Å²) in [4.78, 5) is 15.1. The molecule has 0 aliphatic rings. The molecule has 7 nitrogen and oxygen atoms in total. The normalized spacial score (nSPS) is 12.2. The lowest BCUT2D eigenvalue weighted by atomic mass is 10.1. The predicted octanol–water partition coefficient (Wildman–Crippen LogP) is 4.94. The fraction of sp³-hybridized carbons (Fsp3) is 0.320. The first kappa shape index (κ1) is 24.3. The Morgan fingerprint density at radius 3 is 2.65 bits per heavy atom. The second kappa shape index (κ2) is 12.0. The van der Waals surface area contributed by atoms with Gasteiger partial charge < -0.3 is 9.73 Å². The Morgan fingerprint density at radius 2 is 1.97 bits per heavy atom. The molecule has 0 saturated carbocycles. The second-order valence-electron chi connectivity index (χ2n) is 7.74. The molecule has 3 heterocycles. The lowest BCUT2D eigenvalue weighted by Gasteiger charge is -2.29. The lowest BCUT2D eigenvalue weighted by molar-refractivity contribution is -0.118. The van der Waals surface area contributed by atoms with E-state index >= 15 is 0 Å². The predicted molar refractivity (Wildman–Crippen MR) is 137 cm³/mol. The third-order valence-corrected chi connectivity index (χ3v) is 7.32. The van der Waals surface area contributed by atoms with E-state index < -0.39 is 0 Å². The highest BCUT2D eigenvalue weighted by Gasteiger charge is 2.21. The van der Waals surface area contributed by atoms with Crippen molar-refractivity contribution in [2.75, 3.05) is 25.4 Å². The van der Waals surface area contributed by atoms with Gasteiger partial charge in [0.05, 0.1) is 24.6 Å². The highest BCUT2D eigenvalue weighted by Crippen LogP contribution is 2.26. The first-order valence-corrected chi connectivity index (χ1v) is 13.3. The molecule has 1 aromatic carbocycles. The van der Waals surface area contributed by atoms with E-state index in [1.54, 1.807) is 17.6 Å². The topological polar surface area (TPSA) is 76.2 Å². The number of aromatic nitrogens is 3. The van der Waals surface area contributed by atoms with Gasteiger partial charge in [-0.15, -0.1) is 10.2 Å². The van der Waals surface area contributed by atoms with Gasteiger partial charge in [0.1, 0.15) is 0 Å². The molecule has 4 rings (SSSR count). The summed E-state index contributed by atoms with van der Waals surface area (Å²) in [6, 6.07) is 16.1. The zero-order valence-electron chi connectivity index (χ0n) is 19.4. The molecule has 34 heavy (non-hydrogen) atoms. The number of nitrogens with zero attached hydrogens (tertiary/aromatic N) is 4. The number of likely N-dealkylation sites (N-methyl/N-ethyl adjacent to an activating group) is 1. The summed E-state index contributed by atoms with van der Waals surface area (Å²) in [7, 11) is 0. The minimum atomic E-state index is -0.0220. The van der Waals surface area contributed by atoms with E-state index in [1.807, 2.05) is 34.9 Å². The summed E-state index contributed by atoms with van der Waals surface area (Å²) in [5.41, 5.74) is 2.37. The third-order valence-electron chi connectivity index (χ3n) is 5.65. The average Bonchev–Trinajstić information content (AvgIpc) is 3.64. The Labute approximate surface area is 208 Å². The van der Waals surface area contributed by atoms with Crippen LogP contribution >= 0.6 is 23.1 Å². The van der Waals surface area contributed by atoms with Gasteiger partial charge in [-0.05, 0) is 53.2 Å². The number of carbonyl (C=O) groups is 1. The Balaban J connectivity index is 1.43. The first-order chi connectivity index (χ1) is 16.7. The monoisotopic (exact) mass is 495 g/mol. The van der Waals surface area contributed by atoms with Crippen LogP contribution in [-0.2, 0) is 11.3 Å². The molecule has 0 aliphatic heterocycles. The highest BCUT2D eigenvalue weighted by atomic mass is 32.2. The summed E-state index contributed by atoms with van der Waals surface area (Å²) < 4.78 is 7.56. The van der Waals surface area contributed by atoms with E-state index in [1.165, 1.54) is 17.3 Å². The third kappa shape index (κ3) is 5.97. The molecule has 178 valence electrons. The number of nitrogens with one attached hydrogen (secondary N) is 1. The Kier molecular flexibility index (Phi) is 8.56. The molecule has 0 saturated heterocycles. The number of amides is 1. The number of thioether (sulfide) groups is 1. The van der Waals surface area contributed by atoms with Crippen molar-refractivity contribution < 1.29 is 9.21 Å². The van der Waals surface area contributed by atoms with Crippen molar-refractivity contribution >= 4 is 29.0 Å². The van der Waals surface area contributed by atoms with Crippen LogP contribution in [0.1, 0.15) is 31.0 Å². The molecule has 0 radical (unpaired) electrons. The SMILES string of the molecule is CCN(CC)C(CNC(=O)CSc1nnc(-c2ccco2)n1Cc1ccccc1)c1ccsc1. The maximum absolute atomic E-state index is 12.8. The van der Waals surface area contributed by atoms with Gasteiger partial charge in [0.25, 0.3) is 0 Å². The lowest BCUT2D eigenvalue weighted by Crippen LogP contribution is -2.38. The molecule has 0 bridgehead atoms. The number of hydrogen-bond acceptors (Lipinski definition) is 7. The molecular formula is C25H29N5O2S2. The second-order valence-corrected chi connectivity index (χ2v) is 9.46. The van der Waals surface area contributed by atoms with Crippen LogP contribution in [0.25, 0.3) is 11.6 Å². The van der Waals surface area contributed by atoms with Crippen molar-refractivity contribution in [3.8, 4) is 11.6 Å². The number of carbonyl (C=O) groups excluding carboxylic acids is 1. The molecule has 0 aliphatic carbocycles. The van der Waals surface area contributed by atoms with Crippen LogP contribution in [0.4, 0.5) is 0 Å². The smallest absolute Gasteiger partial charge is 0.230 e. The Bertz CT molecular complexity index is 1140. The molecule has 9 heteroatoms. The van der Waals surface area contributed by atoms with E-state index in [0.717, 1.165) is 18.7 Å². The largest absolute Gasteiger partial charge is 0.461 e. The molecule has 3 aromatic heterocycles. The molecule has 0 fully saturated rings. The number of furan rings is 1. The van der Waals surface area contributed by atoms with Gasteiger partial charge in [0, 0.05) is 6.54 Å². The first-order valence-electron chi connectivity index (χ1n) is 11.4. The van der Waals surface area contributed by atoms with Gasteiger partial charge in [0.2, 0.25) is 11.7 Å². The fourth-order valence-corrected chi connectivity index (χ4v) is 5.35. The quantitative estimate of drug-likeness (QED) is 0.281. The summed E-state index contributed by atoms with van der Waals surface area (Å²) >= 11 is 3.07. The fourth-order valence-electron chi connectivity index (χ4n) is 3.87. The Morgan fingerprint density at radius 1 is 1.15 bits per heavy atom. The van der Waals surface area contributed by atoms with Crippen LogP contribution in [0.3, 0.4) is 0 Å². The van der Waals surface area contributed by atoms with Gasteiger partial charge in [0.15, 0.2) is 10.9 Å². The van der Waals surface area contributed by atoms with Crippen molar-refractivity contribution in [1.82, 2.24) is 25.0 Å². The van der Waals surface area contributed by atoms with Gasteiger partial charge in [-0.1, -0.05) is 55.9 Å². The van der Waals surface area contributed by atoms with Gasteiger partial charge in [-0.3, -0.25) is 14.3 Å². The van der Waals surface area contributed by atoms with Crippen LogP contribution < -0.4 is 5.32 Å². The zero-order chi connectivity index (χ0) is 23.8. The van der Waals surface area contributed by atoms with Crippen molar-refractivity contribution in [2.45, 2.75) is 31.6 Å². The van der Waals surface area contributed by atoms with Crippen LogP contribution in [0.2, 0.25) is 0 Å².